The monoisotopic (exact) mass is 701 g/mol. The van der Waals surface area contributed by atoms with Gasteiger partial charge in [-0.05, 0) is 63.7 Å². The molecule has 0 saturated carbocycles. The van der Waals surface area contributed by atoms with Crippen LogP contribution in [-0.2, 0) is 0 Å². The van der Waals surface area contributed by atoms with Gasteiger partial charge in [0.2, 0.25) is 0 Å². The van der Waals surface area contributed by atoms with E-state index in [-0.39, 0.29) is 0 Å². The van der Waals surface area contributed by atoms with Crippen LogP contribution in [0.25, 0.3) is 105 Å². The maximum atomic E-state index is 5.28. The maximum absolute atomic E-state index is 5.28. The molecule has 0 amide bonds. The third-order valence-corrected chi connectivity index (χ3v) is 10.7. The van der Waals surface area contributed by atoms with Gasteiger partial charge in [-0.3, -0.25) is 4.98 Å². The Labute approximate surface area is 316 Å². The summed E-state index contributed by atoms with van der Waals surface area (Å²) in [7, 11) is 0. The number of nitrogens with zero attached hydrogens (tertiary/aromatic N) is 5. The summed E-state index contributed by atoms with van der Waals surface area (Å²) in [4.78, 5) is 20.4. The van der Waals surface area contributed by atoms with Crippen LogP contribution in [0, 0.1) is 0 Å². The van der Waals surface area contributed by atoms with Crippen LogP contribution >= 0.6 is 0 Å². The van der Waals surface area contributed by atoms with Crippen molar-refractivity contribution in [1.29, 1.82) is 0 Å². The predicted molar refractivity (Wildman–Crippen MR) is 226 cm³/mol. The SMILES string of the molecule is c1ccc(-c2nc(-c3cccc(-c4cccc5ccc6c(ccc7cccnc76)c45)c3)nc(-c3cccc4c3c3ccccc3n4-c3ccccc3)n2)cc1. The van der Waals surface area contributed by atoms with Crippen LogP contribution in [0.2, 0.25) is 0 Å². The Bertz CT molecular complexity index is 3260. The number of para-hydroxylation sites is 2. The molecule has 3 heterocycles. The Kier molecular flexibility index (Phi) is 7.10. The minimum absolute atomic E-state index is 0.620. The van der Waals surface area contributed by atoms with Crippen LogP contribution in [0.3, 0.4) is 0 Å². The number of benzene rings is 8. The van der Waals surface area contributed by atoms with Gasteiger partial charge in [-0.15, -0.1) is 0 Å². The van der Waals surface area contributed by atoms with Crippen molar-refractivity contribution >= 4 is 54.3 Å². The van der Waals surface area contributed by atoms with E-state index in [0.29, 0.717) is 17.5 Å². The molecule has 0 unspecified atom stereocenters. The normalized spacial score (nSPS) is 11.6. The van der Waals surface area contributed by atoms with Crippen molar-refractivity contribution in [2.24, 2.45) is 0 Å². The van der Waals surface area contributed by atoms with E-state index < -0.39 is 0 Å². The summed E-state index contributed by atoms with van der Waals surface area (Å²) < 4.78 is 2.32. The molecule has 3 aromatic heterocycles. The van der Waals surface area contributed by atoms with Crippen molar-refractivity contribution in [3.05, 3.63) is 188 Å². The minimum Gasteiger partial charge on any atom is -0.309 e. The minimum atomic E-state index is 0.620. The van der Waals surface area contributed by atoms with E-state index in [4.69, 9.17) is 19.9 Å². The standard InChI is InChI=1S/C50H31N5/c1-3-13-34(14-4-1)48-52-49(54-50(53-48)42-23-11-25-44-46(42)41-21-7-8-24-43(41)55(44)37-19-5-2-6-20-37)36-17-9-16-35(31-36)38-22-10-15-32-26-29-40-39(45(32)38)28-27-33-18-12-30-51-47(33)40/h1-31H. The molecule has 0 bridgehead atoms. The smallest absolute Gasteiger partial charge is 0.164 e. The fourth-order valence-electron chi connectivity index (χ4n) is 8.21. The molecule has 0 aliphatic heterocycles. The molecule has 8 aromatic carbocycles. The van der Waals surface area contributed by atoms with Gasteiger partial charge in [0.1, 0.15) is 0 Å². The lowest BCUT2D eigenvalue weighted by Gasteiger charge is -2.13. The Morgan fingerprint density at radius 2 is 1.00 bits per heavy atom. The van der Waals surface area contributed by atoms with Gasteiger partial charge in [0.25, 0.3) is 0 Å². The molecule has 0 fully saturated rings. The topological polar surface area (TPSA) is 56.5 Å². The molecule has 0 saturated heterocycles. The zero-order valence-electron chi connectivity index (χ0n) is 29.6. The lowest BCUT2D eigenvalue weighted by molar-refractivity contribution is 1.08. The van der Waals surface area contributed by atoms with Crippen LogP contribution in [0.4, 0.5) is 0 Å². The Morgan fingerprint density at radius 3 is 1.89 bits per heavy atom. The first-order valence-corrected chi connectivity index (χ1v) is 18.5. The molecule has 0 radical (unpaired) electrons. The lowest BCUT2D eigenvalue weighted by atomic mass is 9.92. The summed E-state index contributed by atoms with van der Waals surface area (Å²) in [6.07, 6.45) is 1.87. The number of hydrogen-bond acceptors (Lipinski definition) is 4. The number of hydrogen-bond donors (Lipinski definition) is 0. The van der Waals surface area contributed by atoms with Gasteiger partial charge >= 0.3 is 0 Å². The van der Waals surface area contributed by atoms with Crippen molar-refractivity contribution < 1.29 is 0 Å². The highest BCUT2D eigenvalue weighted by atomic mass is 15.0. The first-order chi connectivity index (χ1) is 27.3. The van der Waals surface area contributed by atoms with Crippen molar-refractivity contribution in [2.75, 3.05) is 0 Å². The second kappa shape index (κ2) is 12.6. The van der Waals surface area contributed by atoms with E-state index in [9.17, 15) is 0 Å². The average Bonchev–Trinajstić information content (AvgIpc) is 3.61. The Morgan fingerprint density at radius 1 is 0.364 bits per heavy atom. The first kappa shape index (κ1) is 31.1. The molecule has 0 atom stereocenters. The fraction of sp³-hybridized carbons (Fsp3) is 0. The van der Waals surface area contributed by atoms with Crippen LogP contribution in [-0.4, -0.2) is 24.5 Å². The summed E-state index contributed by atoms with van der Waals surface area (Å²) in [5.74, 6) is 1.88. The highest BCUT2D eigenvalue weighted by Crippen LogP contribution is 2.40. The van der Waals surface area contributed by atoms with Crippen molar-refractivity contribution in [2.45, 2.75) is 0 Å². The highest BCUT2D eigenvalue weighted by molar-refractivity contribution is 6.20. The van der Waals surface area contributed by atoms with Crippen molar-refractivity contribution in [3.63, 3.8) is 0 Å². The number of pyridine rings is 1. The fourth-order valence-corrected chi connectivity index (χ4v) is 8.21. The van der Waals surface area contributed by atoms with Gasteiger partial charge in [0, 0.05) is 50.1 Å². The molecule has 55 heavy (non-hydrogen) atoms. The summed E-state index contributed by atoms with van der Waals surface area (Å²) in [6, 6.07) is 63.7. The average molecular weight is 702 g/mol. The molecule has 5 heteroatoms. The molecule has 5 nitrogen and oxygen atoms in total. The summed E-state index contributed by atoms with van der Waals surface area (Å²) >= 11 is 0. The van der Waals surface area contributed by atoms with E-state index in [0.717, 1.165) is 71.6 Å². The van der Waals surface area contributed by atoms with E-state index in [1.54, 1.807) is 0 Å². The molecular formula is C50H31N5. The van der Waals surface area contributed by atoms with Crippen molar-refractivity contribution in [3.8, 4) is 51.0 Å². The summed E-state index contributed by atoms with van der Waals surface area (Å²) in [6.45, 7) is 0. The van der Waals surface area contributed by atoms with Crippen LogP contribution in [0.1, 0.15) is 0 Å². The zero-order valence-corrected chi connectivity index (χ0v) is 29.6. The molecule has 0 aliphatic rings. The molecule has 256 valence electrons. The third-order valence-electron chi connectivity index (χ3n) is 10.7. The summed E-state index contributed by atoms with van der Waals surface area (Å²) in [5.41, 5.74) is 9.40. The van der Waals surface area contributed by atoms with Crippen LogP contribution < -0.4 is 0 Å². The van der Waals surface area contributed by atoms with Gasteiger partial charge in [-0.1, -0.05) is 146 Å². The zero-order chi connectivity index (χ0) is 36.3. The molecular weight excluding hydrogens is 671 g/mol. The molecule has 0 aliphatic carbocycles. The van der Waals surface area contributed by atoms with E-state index in [2.05, 4.69) is 162 Å². The number of aromatic nitrogens is 5. The van der Waals surface area contributed by atoms with E-state index in [1.807, 2.05) is 30.5 Å². The van der Waals surface area contributed by atoms with E-state index in [1.165, 1.54) is 16.2 Å². The van der Waals surface area contributed by atoms with Gasteiger partial charge in [0.05, 0.1) is 16.6 Å². The summed E-state index contributed by atoms with van der Waals surface area (Å²) in [5, 5.41) is 8.10. The van der Waals surface area contributed by atoms with Crippen molar-refractivity contribution in [1.82, 2.24) is 24.5 Å². The number of fused-ring (bicyclic) bond motifs is 8. The molecule has 11 rings (SSSR count). The maximum Gasteiger partial charge on any atom is 0.164 e. The second-order valence-corrected chi connectivity index (χ2v) is 13.8. The number of rotatable bonds is 5. The van der Waals surface area contributed by atoms with Gasteiger partial charge in [-0.2, -0.15) is 0 Å². The second-order valence-electron chi connectivity index (χ2n) is 13.8. The largest absolute Gasteiger partial charge is 0.309 e. The Balaban J connectivity index is 1.13. The van der Waals surface area contributed by atoms with E-state index >= 15 is 0 Å². The quantitative estimate of drug-likeness (QED) is 0.168. The lowest BCUT2D eigenvalue weighted by Crippen LogP contribution is -2.00. The first-order valence-electron chi connectivity index (χ1n) is 18.5. The molecule has 0 N–H and O–H groups in total. The van der Waals surface area contributed by atoms with Gasteiger partial charge in [0.15, 0.2) is 17.5 Å². The van der Waals surface area contributed by atoms with Crippen LogP contribution in [0.5, 0.6) is 0 Å². The highest BCUT2D eigenvalue weighted by Gasteiger charge is 2.20. The predicted octanol–water partition coefficient (Wildman–Crippen LogP) is 12.5. The van der Waals surface area contributed by atoms with Crippen LogP contribution in [0.15, 0.2) is 188 Å². The third kappa shape index (κ3) is 5.09. The molecule has 11 aromatic rings. The van der Waals surface area contributed by atoms with Gasteiger partial charge in [-0.25, -0.2) is 15.0 Å². The Hall–Kier alpha value is -7.50. The molecule has 0 spiro atoms. The van der Waals surface area contributed by atoms with Gasteiger partial charge < -0.3 is 4.57 Å².